The van der Waals surface area contributed by atoms with Crippen LogP contribution in [0.15, 0.2) is 42.5 Å². The summed E-state index contributed by atoms with van der Waals surface area (Å²) in [4.78, 5) is 17.4. The maximum Gasteiger partial charge on any atom is 0.241 e. The molecule has 1 saturated heterocycles. The highest BCUT2D eigenvalue weighted by atomic mass is 16.2. The molecule has 1 atom stereocenters. The van der Waals surface area contributed by atoms with Gasteiger partial charge < -0.3 is 10.2 Å². The lowest BCUT2D eigenvalue weighted by atomic mass is 10.1. The van der Waals surface area contributed by atoms with Crippen molar-refractivity contribution in [2.75, 3.05) is 36.4 Å². The minimum atomic E-state index is -0.129. The van der Waals surface area contributed by atoms with Gasteiger partial charge in [0.2, 0.25) is 5.91 Å². The lowest BCUT2D eigenvalue weighted by Gasteiger charge is -2.39. The molecule has 26 heavy (non-hydrogen) atoms. The Kier molecular flexibility index (Phi) is 5.62. The van der Waals surface area contributed by atoms with Gasteiger partial charge in [-0.05, 0) is 56.5 Å². The summed E-state index contributed by atoms with van der Waals surface area (Å²) in [6.07, 6.45) is 0. The first kappa shape index (κ1) is 18.5. The highest BCUT2D eigenvalue weighted by molar-refractivity contribution is 5.95. The van der Waals surface area contributed by atoms with E-state index in [-0.39, 0.29) is 11.9 Å². The molecule has 1 aliphatic rings. The smallest absolute Gasteiger partial charge is 0.241 e. The number of para-hydroxylation sites is 1. The lowest BCUT2D eigenvalue weighted by Crippen LogP contribution is -2.53. The Balaban J connectivity index is 1.59. The number of amides is 1. The second-order valence-electron chi connectivity index (χ2n) is 7.22. The first-order valence-corrected chi connectivity index (χ1v) is 9.39. The van der Waals surface area contributed by atoms with Crippen LogP contribution >= 0.6 is 0 Å². The van der Waals surface area contributed by atoms with Gasteiger partial charge in [-0.3, -0.25) is 9.69 Å². The Hall–Kier alpha value is -2.33. The molecule has 0 aliphatic carbocycles. The minimum absolute atomic E-state index is 0.0690. The van der Waals surface area contributed by atoms with Crippen LogP contribution in [0, 0.1) is 20.8 Å². The first-order chi connectivity index (χ1) is 12.5. The zero-order valence-electron chi connectivity index (χ0n) is 16.2. The van der Waals surface area contributed by atoms with Crippen molar-refractivity contribution >= 4 is 17.3 Å². The van der Waals surface area contributed by atoms with E-state index in [0.29, 0.717) is 0 Å². The van der Waals surface area contributed by atoms with Crippen LogP contribution < -0.4 is 10.2 Å². The molecule has 138 valence electrons. The number of nitrogens with one attached hydrogen (secondary N) is 1. The molecule has 1 amide bonds. The van der Waals surface area contributed by atoms with E-state index in [1.165, 1.54) is 16.8 Å². The number of benzene rings is 2. The van der Waals surface area contributed by atoms with Gasteiger partial charge in [0.1, 0.15) is 0 Å². The molecule has 0 radical (unpaired) electrons. The molecule has 0 spiro atoms. The molecule has 0 aromatic heterocycles. The lowest BCUT2D eigenvalue weighted by molar-refractivity contribution is -0.120. The zero-order valence-corrected chi connectivity index (χ0v) is 16.2. The fourth-order valence-corrected chi connectivity index (χ4v) is 3.54. The largest absolute Gasteiger partial charge is 0.369 e. The molecule has 1 N–H and O–H groups in total. The van der Waals surface area contributed by atoms with Crippen molar-refractivity contribution < 1.29 is 4.79 Å². The van der Waals surface area contributed by atoms with E-state index in [1.54, 1.807) is 0 Å². The van der Waals surface area contributed by atoms with Crippen molar-refractivity contribution in [1.29, 1.82) is 0 Å². The van der Waals surface area contributed by atoms with Gasteiger partial charge in [-0.25, -0.2) is 0 Å². The summed E-state index contributed by atoms with van der Waals surface area (Å²) in [7, 11) is 0. The van der Waals surface area contributed by atoms with Gasteiger partial charge in [-0.2, -0.15) is 0 Å². The molecule has 1 fully saturated rings. The fourth-order valence-electron chi connectivity index (χ4n) is 3.54. The predicted molar refractivity (Wildman–Crippen MR) is 109 cm³/mol. The molecule has 0 bridgehead atoms. The number of anilines is 2. The topological polar surface area (TPSA) is 35.6 Å². The predicted octanol–water partition coefficient (Wildman–Crippen LogP) is 3.76. The van der Waals surface area contributed by atoms with Crippen LogP contribution in [0.3, 0.4) is 0 Å². The number of carbonyl (C=O) groups is 1. The van der Waals surface area contributed by atoms with Crippen molar-refractivity contribution in [3.05, 3.63) is 59.2 Å². The normalized spacial score (nSPS) is 16.4. The van der Waals surface area contributed by atoms with E-state index in [2.05, 4.69) is 47.2 Å². The van der Waals surface area contributed by atoms with Crippen LogP contribution in [0.25, 0.3) is 0 Å². The fraction of sp³-hybridized carbons (Fsp3) is 0.409. The molecule has 1 unspecified atom stereocenters. The van der Waals surface area contributed by atoms with Crippen LogP contribution in [-0.2, 0) is 4.79 Å². The average Bonchev–Trinajstić information content (AvgIpc) is 2.65. The summed E-state index contributed by atoms with van der Waals surface area (Å²) in [5.74, 6) is 0.0690. The number of hydrogen-bond acceptors (Lipinski definition) is 3. The third kappa shape index (κ3) is 3.91. The van der Waals surface area contributed by atoms with Crippen LogP contribution in [0.1, 0.15) is 23.6 Å². The van der Waals surface area contributed by atoms with Crippen LogP contribution in [-0.4, -0.2) is 43.0 Å². The number of hydrogen-bond donors (Lipinski definition) is 1. The monoisotopic (exact) mass is 351 g/mol. The van der Waals surface area contributed by atoms with Crippen molar-refractivity contribution in [3.8, 4) is 0 Å². The maximum atomic E-state index is 12.6. The van der Waals surface area contributed by atoms with Crippen molar-refractivity contribution in [3.63, 3.8) is 0 Å². The van der Waals surface area contributed by atoms with Crippen molar-refractivity contribution in [2.24, 2.45) is 0 Å². The Labute approximate surface area is 156 Å². The molecule has 4 heteroatoms. The van der Waals surface area contributed by atoms with Gasteiger partial charge in [0.15, 0.2) is 0 Å². The van der Waals surface area contributed by atoms with E-state index >= 15 is 0 Å². The highest BCUT2D eigenvalue weighted by Crippen LogP contribution is 2.24. The van der Waals surface area contributed by atoms with Gasteiger partial charge in [0.05, 0.1) is 6.04 Å². The van der Waals surface area contributed by atoms with E-state index in [9.17, 15) is 4.79 Å². The van der Waals surface area contributed by atoms with Gasteiger partial charge in [0, 0.05) is 37.6 Å². The van der Waals surface area contributed by atoms with Gasteiger partial charge >= 0.3 is 0 Å². The molecular weight excluding hydrogens is 322 g/mol. The molecule has 3 rings (SSSR count). The third-order valence-corrected chi connectivity index (χ3v) is 5.56. The van der Waals surface area contributed by atoms with Crippen LogP contribution in [0.2, 0.25) is 0 Å². The number of aryl methyl sites for hydroxylation is 2. The van der Waals surface area contributed by atoms with E-state index in [4.69, 9.17) is 0 Å². The maximum absolute atomic E-state index is 12.6. The van der Waals surface area contributed by atoms with Crippen molar-refractivity contribution in [2.45, 2.75) is 33.7 Å². The molecule has 2 aromatic carbocycles. The Morgan fingerprint density at radius 2 is 1.58 bits per heavy atom. The van der Waals surface area contributed by atoms with Gasteiger partial charge in [-0.15, -0.1) is 0 Å². The number of carbonyl (C=O) groups excluding carboxylic acids is 1. The molecule has 2 aromatic rings. The minimum Gasteiger partial charge on any atom is -0.369 e. The van der Waals surface area contributed by atoms with E-state index in [1.807, 2.05) is 38.1 Å². The Morgan fingerprint density at radius 1 is 0.923 bits per heavy atom. The average molecular weight is 351 g/mol. The van der Waals surface area contributed by atoms with E-state index in [0.717, 1.165) is 37.4 Å². The van der Waals surface area contributed by atoms with Crippen LogP contribution in [0.4, 0.5) is 11.4 Å². The highest BCUT2D eigenvalue weighted by Gasteiger charge is 2.26. The number of nitrogens with zero attached hydrogens (tertiary/aromatic N) is 2. The summed E-state index contributed by atoms with van der Waals surface area (Å²) in [6, 6.07) is 14.3. The quantitative estimate of drug-likeness (QED) is 0.911. The van der Waals surface area contributed by atoms with Crippen molar-refractivity contribution in [1.82, 2.24) is 4.90 Å². The second kappa shape index (κ2) is 7.92. The van der Waals surface area contributed by atoms with Crippen LogP contribution in [0.5, 0.6) is 0 Å². The second-order valence-corrected chi connectivity index (χ2v) is 7.22. The van der Waals surface area contributed by atoms with Gasteiger partial charge in [0.25, 0.3) is 0 Å². The molecule has 1 aliphatic heterocycles. The summed E-state index contributed by atoms with van der Waals surface area (Å²) in [5.41, 5.74) is 6.00. The molecule has 0 saturated carbocycles. The SMILES string of the molecule is Cc1ccccc1NC(=O)C(C)N1CCN(c2cccc(C)c2C)CC1. The Morgan fingerprint density at radius 3 is 2.27 bits per heavy atom. The molecular formula is C22H29N3O. The summed E-state index contributed by atoms with van der Waals surface area (Å²) in [6.45, 7) is 12.1. The first-order valence-electron chi connectivity index (χ1n) is 9.39. The Bertz CT molecular complexity index is 779. The standard InChI is InChI=1S/C22H29N3O/c1-16-9-7-11-21(18(16)3)25-14-12-24(13-15-25)19(4)22(26)23-20-10-6-5-8-17(20)2/h5-11,19H,12-15H2,1-4H3,(H,23,26). The summed E-state index contributed by atoms with van der Waals surface area (Å²) in [5, 5.41) is 3.07. The summed E-state index contributed by atoms with van der Waals surface area (Å²) >= 11 is 0. The van der Waals surface area contributed by atoms with E-state index < -0.39 is 0 Å². The molecule has 1 heterocycles. The number of piperazine rings is 1. The van der Waals surface area contributed by atoms with Gasteiger partial charge in [-0.1, -0.05) is 30.3 Å². The number of rotatable bonds is 4. The third-order valence-electron chi connectivity index (χ3n) is 5.56. The zero-order chi connectivity index (χ0) is 18.7. The molecule has 4 nitrogen and oxygen atoms in total. The summed E-state index contributed by atoms with van der Waals surface area (Å²) < 4.78 is 0.